The summed E-state index contributed by atoms with van der Waals surface area (Å²) in [6.07, 6.45) is 4.61. The number of carbonyl (C=O) groups excluding carboxylic acids is 1. The lowest BCUT2D eigenvalue weighted by Gasteiger charge is -2.41. The molecule has 0 spiro atoms. The number of aromatic nitrogens is 6. The van der Waals surface area contributed by atoms with Gasteiger partial charge in [-0.3, -0.25) is 4.79 Å². The van der Waals surface area contributed by atoms with Crippen molar-refractivity contribution in [3.63, 3.8) is 0 Å². The number of nitrogens with one attached hydrogen (secondary N) is 1. The molecule has 182 valence electrons. The van der Waals surface area contributed by atoms with Crippen LogP contribution in [0.1, 0.15) is 6.92 Å². The number of methoxy groups -OCH3 is 1. The number of nitrogens with zero attached hydrogens (tertiary/aromatic N) is 7. The first-order valence-corrected chi connectivity index (χ1v) is 11.3. The number of ether oxygens (including phenoxy) is 1. The Morgan fingerprint density at radius 3 is 2.86 bits per heavy atom. The van der Waals surface area contributed by atoms with E-state index >= 15 is 0 Å². The van der Waals surface area contributed by atoms with E-state index in [1.165, 1.54) is 24.2 Å². The third-order valence-corrected chi connectivity index (χ3v) is 6.37. The summed E-state index contributed by atoms with van der Waals surface area (Å²) in [7, 11) is 1.48. The zero-order valence-corrected chi connectivity index (χ0v) is 19.8. The molecule has 5 rings (SSSR count). The number of halogens is 2. The van der Waals surface area contributed by atoms with Gasteiger partial charge in [-0.05, 0) is 13.0 Å². The number of hydrogen-bond acceptors (Lipinski definition) is 8. The van der Waals surface area contributed by atoms with Gasteiger partial charge >= 0.3 is 0 Å². The summed E-state index contributed by atoms with van der Waals surface area (Å²) in [4.78, 5) is 32.5. The van der Waals surface area contributed by atoms with Crippen molar-refractivity contribution in [2.24, 2.45) is 0 Å². The quantitative estimate of drug-likeness (QED) is 0.428. The topological polar surface area (TPSA) is 131 Å². The number of aromatic amines is 1. The largest absolute Gasteiger partial charge is 0.495 e. The van der Waals surface area contributed by atoms with Crippen molar-refractivity contribution in [1.82, 2.24) is 34.6 Å². The molecule has 1 aromatic carbocycles. The third kappa shape index (κ3) is 4.09. The fourth-order valence-corrected chi connectivity index (χ4v) is 4.61. The fourth-order valence-electron chi connectivity index (χ4n) is 4.38. The van der Waals surface area contributed by atoms with Gasteiger partial charge in [0.1, 0.15) is 36.0 Å². The summed E-state index contributed by atoms with van der Waals surface area (Å²) in [5.41, 5.74) is 7.39. The predicted molar refractivity (Wildman–Crippen MR) is 129 cm³/mol. The number of anilines is 2. The summed E-state index contributed by atoms with van der Waals surface area (Å²) in [5.74, 6) is 0.577. The number of piperazine rings is 1. The number of nitrogens with two attached hydrogens (primary N) is 1. The number of rotatable bonds is 5. The van der Waals surface area contributed by atoms with Gasteiger partial charge in [-0.2, -0.15) is 5.10 Å². The maximum atomic E-state index is 14.6. The first-order chi connectivity index (χ1) is 16.9. The van der Waals surface area contributed by atoms with Gasteiger partial charge in [-0.25, -0.2) is 24.0 Å². The van der Waals surface area contributed by atoms with Crippen LogP contribution in [0.3, 0.4) is 0 Å². The molecule has 0 bridgehead atoms. The molecule has 4 aromatic rings. The minimum absolute atomic E-state index is 0.0405. The number of hydrogen-bond donors (Lipinski definition) is 2. The van der Waals surface area contributed by atoms with Gasteiger partial charge in [0.2, 0.25) is 5.91 Å². The average molecular weight is 500 g/mol. The molecular weight excluding hydrogens is 477 g/mol. The van der Waals surface area contributed by atoms with Gasteiger partial charge in [-0.1, -0.05) is 11.6 Å². The highest BCUT2D eigenvalue weighted by atomic mass is 35.5. The van der Waals surface area contributed by atoms with Crippen molar-refractivity contribution in [3.8, 4) is 17.3 Å². The van der Waals surface area contributed by atoms with Crippen LogP contribution < -0.4 is 15.4 Å². The molecule has 0 radical (unpaired) electrons. The SMILES string of the molecule is COc1cc(N2CCN(C(=O)Cn3nc(-c4ncc[nH]4)c4c(N)ncnc43)[C@@H](C)C2)c(F)cc1Cl. The molecule has 0 saturated carbocycles. The van der Waals surface area contributed by atoms with Gasteiger partial charge in [0.05, 0.1) is 23.2 Å². The number of amides is 1. The van der Waals surface area contributed by atoms with E-state index in [0.29, 0.717) is 53.6 Å². The lowest BCUT2D eigenvalue weighted by atomic mass is 10.1. The maximum Gasteiger partial charge on any atom is 0.244 e. The Kier molecular flexibility index (Phi) is 5.89. The molecule has 4 heterocycles. The lowest BCUT2D eigenvalue weighted by Crippen LogP contribution is -2.55. The second-order valence-corrected chi connectivity index (χ2v) is 8.63. The number of imidazole rings is 1. The summed E-state index contributed by atoms with van der Waals surface area (Å²) < 4.78 is 21.4. The highest BCUT2D eigenvalue weighted by Gasteiger charge is 2.30. The van der Waals surface area contributed by atoms with Gasteiger partial charge in [0.25, 0.3) is 0 Å². The Balaban J connectivity index is 1.36. The molecule has 1 fully saturated rings. The van der Waals surface area contributed by atoms with Gasteiger partial charge in [-0.15, -0.1) is 0 Å². The van der Waals surface area contributed by atoms with Crippen LogP contribution in [-0.4, -0.2) is 73.3 Å². The number of benzene rings is 1. The highest BCUT2D eigenvalue weighted by Crippen LogP contribution is 2.33. The van der Waals surface area contributed by atoms with Crippen LogP contribution in [0, 0.1) is 5.82 Å². The van der Waals surface area contributed by atoms with Crippen LogP contribution in [-0.2, 0) is 11.3 Å². The molecule has 0 aliphatic carbocycles. The van der Waals surface area contributed by atoms with Gasteiger partial charge < -0.3 is 25.3 Å². The smallest absolute Gasteiger partial charge is 0.244 e. The Morgan fingerprint density at radius 2 is 2.14 bits per heavy atom. The van der Waals surface area contributed by atoms with Gasteiger partial charge in [0, 0.05) is 44.1 Å². The highest BCUT2D eigenvalue weighted by molar-refractivity contribution is 6.32. The molecule has 1 saturated heterocycles. The third-order valence-electron chi connectivity index (χ3n) is 6.08. The monoisotopic (exact) mass is 499 g/mol. The minimum Gasteiger partial charge on any atom is -0.495 e. The lowest BCUT2D eigenvalue weighted by molar-refractivity contribution is -0.134. The van der Waals surface area contributed by atoms with Crippen LogP contribution in [0.4, 0.5) is 15.9 Å². The summed E-state index contributed by atoms with van der Waals surface area (Å²) in [6, 6.07) is 2.64. The predicted octanol–water partition coefficient (Wildman–Crippen LogP) is 2.34. The van der Waals surface area contributed by atoms with E-state index in [1.807, 2.05) is 11.8 Å². The summed E-state index contributed by atoms with van der Waals surface area (Å²) >= 11 is 6.03. The molecule has 1 aliphatic heterocycles. The van der Waals surface area contributed by atoms with Crippen LogP contribution in [0.15, 0.2) is 30.9 Å². The molecule has 1 aliphatic rings. The molecule has 3 aromatic heterocycles. The zero-order chi connectivity index (χ0) is 24.7. The van der Waals surface area contributed by atoms with Crippen LogP contribution in [0.25, 0.3) is 22.6 Å². The van der Waals surface area contributed by atoms with Crippen molar-refractivity contribution in [2.75, 3.05) is 37.4 Å². The Labute approximate surface area is 204 Å². The fraction of sp³-hybridized carbons (Fsp3) is 0.318. The van der Waals surface area contributed by atoms with Crippen molar-refractivity contribution in [1.29, 1.82) is 0 Å². The second kappa shape index (κ2) is 9.02. The van der Waals surface area contributed by atoms with E-state index in [4.69, 9.17) is 22.1 Å². The Bertz CT molecular complexity index is 1390. The van der Waals surface area contributed by atoms with Crippen LogP contribution >= 0.6 is 11.6 Å². The molecule has 1 atom stereocenters. The molecule has 11 nitrogen and oxygen atoms in total. The first kappa shape index (κ1) is 22.8. The van der Waals surface area contributed by atoms with E-state index < -0.39 is 5.82 Å². The normalized spacial score (nSPS) is 16.2. The van der Waals surface area contributed by atoms with E-state index in [0.717, 1.165) is 0 Å². The molecule has 13 heteroatoms. The molecule has 0 unspecified atom stereocenters. The van der Waals surface area contributed by atoms with Crippen molar-refractivity contribution in [3.05, 3.63) is 41.7 Å². The maximum absolute atomic E-state index is 14.6. The second-order valence-electron chi connectivity index (χ2n) is 8.22. The van der Waals surface area contributed by atoms with Crippen LogP contribution in [0.2, 0.25) is 5.02 Å². The minimum atomic E-state index is -0.437. The van der Waals surface area contributed by atoms with E-state index in [9.17, 15) is 9.18 Å². The number of carbonyl (C=O) groups is 1. The number of nitrogen functional groups attached to an aromatic ring is 1. The van der Waals surface area contributed by atoms with E-state index in [-0.39, 0.29) is 29.3 Å². The molecule has 1 amide bonds. The first-order valence-electron chi connectivity index (χ1n) is 10.9. The van der Waals surface area contributed by atoms with Crippen molar-refractivity contribution in [2.45, 2.75) is 19.5 Å². The average Bonchev–Trinajstić information content (AvgIpc) is 3.48. The summed E-state index contributed by atoms with van der Waals surface area (Å²) in [6.45, 7) is 3.18. The Morgan fingerprint density at radius 1 is 1.31 bits per heavy atom. The van der Waals surface area contributed by atoms with Crippen molar-refractivity contribution >= 4 is 40.0 Å². The van der Waals surface area contributed by atoms with E-state index in [2.05, 4.69) is 25.0 Å². The zero-order valence-electron chi connectivity index (χ0n) is 19.1. The molecule has 35 heavy (non-hydrogen) atoms. The molecular formula is C22H23ClFN9O2. The van der Waals surface area contributed by atoms with Crippen LogP contribution in [0.5, 0.6) is 5.75 Å². The van der Waals surface area contributed by atoms with Gasteiger partial charge in [0.15, 0.2) is 11.5 Å². The Hall–Kier alpha value is -3.93. The summed E-state index contributed by atoms with van der Waals surface area (Å²) in [5, 5.41) is 5.30. The standard InChI is InChI=1S/C22H23ClFN9O2/c1-12-9-31(15-8-16(35-2)13(23)7-14(15)24)5-6-32(12)17(34)10-33-22-18(20(25)28-11-29-22)19(30-33)21-26-3-4-27-21/h3-4,7-8,11-12H,5-6,9-10H2,1-2H3,(H,26,27)(H2,25,28,29)/t12-/m0/s1. The van der Waals surface area contributed by atoms with E-state index in [1.54, 1.807) is 23.4 Å². The molecule has 3 N–H and O–H groups in total. The number of fused-ring (bicyclic) bond motifs is 1. The van der Waals surface area contributed by atoms with Crippen molar-refractivity contribution < 1.29 is 13.9 Å². The number of H-pyrrole nitrogens is 1.